The summed E-state index contributed by atoms with van der Waals surface area (Å²) >= 11 is 0. The molecule has 0 bridgehead atoms. The minimum Gasteiger partial charge on any atom is -0.477 e. The number of hydrogen-bond donors (Lipinski definition) is 3. The summed E-state index contributed by atoms with van der Waals surface area (Å²) in [5.74, 6) is -2.11. The van der Waals surface area contributed by atoms with Gasteiger partial charge in [-0.25, -0.2) is 4.79 Å². The van der Waals surface area contributed by atoms with Crippen LogP contribution in [0.4, 0.5) is 0 Å². The Hall–Kier alpha value is -5.30. The van der Waals surface area contributed by atoms with Gasteiger partial charge in [-0.05, 0) is 84.1 Å². The Bertz CT molecular complexity index is 1830. The Kier molecular flexibility index (Phi) is 7.61. The lowest BCUT2D eigenvalue weighted by Crippen LogP contribution is -2.29. The molecule has 0 saturated heterocycles. The molecule has 0 unspecified atom stereocenters. The van der Waals surface area contributed by atoms with Crippen LogP contribution in [0.1, 0.15) is 55.9 Å². The van der Waals surface area contributed by atoms with E-state index in [-0.39, 0.29) is 17.6 Å². The van der Waals surface area contributed by atoms with Gasteiger partial charge in [-0.15, -0.1) is 0 Å². The minimum absolute atomic E-state index is 0.245. The van der Waals surface area contributed by atoms with Crippen molar-refractivity contribution < 1.29 is 19.5 Å². The summed E-state index contributed by atoms with van der Waals surface area (Å²) in [6, 6.07) is 26.4. The van der Waals surface area contributed by atoms with Crippen LogP contribution < -0.4 is 10.6 Å². The van der Waals surface area contributed by atoms with Gasteiger partial charge in [0.15, 0.2) is 0 Å². The molecule has 1 aromatic heterocycles. The molecule has 2 amide bonds. The molecule has 1 atom stereocenters. The van der Waals surface area contributed by atoms with E-state index in [9.17, 15) is 19.5 Å². The van der Waals surface area contributed by atoms with Crippen molar-refractivity contribution in [1.82, 2.24) is 15.6 Å². The van der Waals surface area contributed by atoms with Crippen molar-refractivity contribution >= 4 is 45.5 Å². The monoisotopic (exact) mass is 543 g/mol. The van der Waals surface area contributed by atoms with E-state index in [1.165, 1.54) is 6.08 Å². The van der Waals surface area contributed by atoms with Gasteiger partial charge >= 0.3 is 5.97 Å². The van der Waals surface area contributed by atoms with Gasteiger partial charge in [0, 0.05) is 22.7 Å². The number of carboxylic acids is 1. The van der Waals surface area contributed by atoms with E-state index in [0.29, 0.717) is 27.8 Å². The SMILES string of the molecule is Cc1cc(C(=O)N[C@H](C)c2cccc3ccccc23)cc(C)c1C(=O)N/C(=C\c1cnc2ccccc2c1)C(=O)O. The molecule has 0 radical (unpaired) electrons. The minimum atomic E-state index is -1.28. The molecule has 4 aromatic carbocycles. The van der Waals surface area contributed by atoms with Crippen molar-refractivity contribution in [2.75, 3.05) is 0 Å². The molecule has 1 heterocycles. The maximum atomic E-state index is 13.2. The van der Waals surface area contributed by atoms with Crippen molar-refractivity contribution in [3.63, 3.8) is 0 Å². The van der Waals surface area contributed by atoms with Crippen molar-refractivity contribution in [3.05, 3.63) is 130 Å². The molecule has 7 heteroatoms. The number of hydrogen-bond acceptors (Lipinski definition) is 4. The fourth-order valence-corrected chi connectivity index (χ4v) is 5.11. The number of fused-ring (bicyclic) bond motifs is 2. The second kappa shape index (κ2) is 11.4. The van der Waals surface area contributed by atoms with E-state index in [1.54, 1.807) is 38.2 Å². The predicted octanol–water partition coefficient (Wildman–Crippen LogP) is 6.35. The molecule has 5 rings (SSSR count). The van der Waals surface area contributed by atoms with Gasteiger partial charge in [0.2, 0.25) is 0 Å². The zero-order valence-corrected chi connectivity index (χ0v) is 22.9. The highest BCUT2D eigenvalue weighted by Gasteiger charge is 2.20. The van der Waals surface area contributed by atoms with Crippen LogP contribution in [-0.4, -0.2) is 27.9 Å². The molecule has 0 spiro atoms. The lowest BCUT2D eigenvalue weighted by Gasteiger charge is -2.18. The van der Waals surface area contributed by atoms with Crippen molar-refractivity contribution in [2.45, 2.75) is 26.8 Å². The van der Waals surface area contributed by atoms with Crippen molar-refractivity contribution in [3.8, 4) is 0 Å². The first kappa shape index (κ1) is 27.3. The molecular weight excluding hydrogens is 514 g/mol. The number of carbonyl (C=O) groups is 3. The third-order valence-corrected chi connectivity index (χ3v) is 7.06. The normalized spacial score (nSPS) is 12.2. The van der Waals surface area contributed by atoms with Crippen LogP contribution in [0.15, 0.2) is 96.8 Å². The summed E-state index contributed by atoms with van der Waals surface area (Å²) in [6.45, 7) is 5.39. The van der Waals surface area contributed by atoms with Crippen LogP contribution in [0.25, 0.3) is 27.8 Å². The molecule has 0 aliphatic heterocycles. The Labute approximate surface area is 237 Å². The second-order valence-electron chi connectivity index (χ2n) is 10.0. The highest BCUT2D eigenvalue weighted by Crippen LogP contribution is 2.25. The number of benzene rings is 4. The van der Waals surface area contributed by atoms with Crippen molar-refractivity contribution in [2.24, 2.45) is 0 Å². The van der Waals surface area contributed by atoms with E-state index < -0.39 is 11.9 Å². The molecule has 0 aliphatic rings. The average Bonchev–Trinajstić information content (AvgIpc) is 2.96. The van der Waals surface area contributed by atoms with E-state index in [4.69, 9.17) is 0 Å². The zero-order chi connectivity index (χ0) is 29.1. The van der Waals surface area contributed by atoms with Crippen LogP contribution in [0.2, 0.25) is 0 Å². The summed E-state index contributed by atoms with van der Waals surface area (Å²) in [4.78, 5) is 42.8. The summed E-state index contributed by atoms with van der Waals surface area (Å²) < 4.78 is 0. The fraction of sp³-hybridized carbons (Fsp3) is 0.118. The molecule has 0 saturated carbocycles. The third kappa shape index (κ3) is 5.84. The third-order valence-electron chi connectivity index (χ3n) is 7.06. The summed E-state index contributed by atoms with van der Waals surface area (Å²) in [6.07, 6.45) is 2.93. The van der Waals surface area contributed by atoms with Gasteiger partial charge in [0.1, 0.15) is 5.70 Å². The first-order valence-electron chi connectivity index (χ1n) is 13.2. The molecule has 5 aromatic rings. The fourth-order valence-electron chi connectivity index (χ4n) is 5.11. The standard InChI is InChI=1S/C34H29N3O4/c1-20-15-26(32(38)36-22(3)27-13-8-11-24-9-4-6-12-28(24)27)16-21(2)31(20)33(39)37-30(34(40)41)18-23-17-25-10-5-7-14-29(25)35-19-23/h4-19,22H,1-3H3,(H,36,38)(H,37,39)(H,40,41)/b30-18-/t22-/m1/s1. The first-order valence-corrected chi connectivity index (χ1v) is 13.2. The van der Waals surface area contributed by atoms with Gasteiger partial charge in [-0.1, -0.05) is 60.7 Å². The Morgan fingerprint density at radius 2 is 1.49 bits per heavy atom. The summed E-state index contributed by atoms with van der Waals surface area (Å²) in [7, 11) is 0. The maximum Gasteiger partial charge on any atom is 0.352 e. The number of aromatic nitrogens is 1. The Morgan fingerprint density at radius 3 is 2.22 bits per heavy atom. The maximum absolute atomic E-state index is 13.2. The summed E-state index contributed by atoms with van der Waals surface area (Å²) in [5, 5.41) is 18.4. The van der Waals surface area contributed by atoms with Gasteiger partial charge in [0.25, 0.3) is 11.8 Å². The molecule has 3 N–H and O–H groups in total. The van der Waals surface area contributed by atoms with Gasteiger partial charge in [-0.2, -0.15) is 0 Å². The van der Waals surface area contributed by atoms with Crippen molar-refractivity contribution in [1.29, 1.82) is 0 Å². The zero-order valence-electron chi connectivity index (χ0n) is 22.9. The quantitative estimate of drug-likeness (QED) is 0.207. The number of nitrogens with one attached hydrogen (secondary N) is 2. The van der Waals surface area contributed by atoms with Gasteiger partial charge < -0.3 is 15.7 Å². The number of rotatable bonds is 7. The lowest BCUT2D eigenvalue weighted by atomic mass is 9.97. The summed E-state index contributed by atoms with van der Waals surface area (Å²) in [5.41, 5.74) is 3.90. The molecular formula is C34H29N3O4. The number of pyridine rings is 1. The second-order valence-corrected chi connectivity index (χ2v) is 10.0. The largest absolute Gasteiger partial charge is 0.477 e. The van der Waals surface area contributed by atoms with Gasteiger partial charge in [-0.3, -0.25) is 14.6 Å². The van der Waals surface area contributed by atoms with E-state index in [2.05, 4.69) is 15.6 Å². The Morgan fingerprint density at radius 1 is 0.829 bits per heavy atom. The molecule has 41 heavy (non-hydrogen) atoms. The van der Waals surface area contributed by atoms with E-state index >= 15 is 0 Å². The van der Waals surface area contributed by atoms with Crippen LogP contribution in [0.5, 0.6) is 0 Å². The van der Waals surface area contributed by atoms with Crippen LogP contribution in [0, 0.1) is 13.8 Å². The first-order chi connectivity index (χ1) is 19.7. The van der Waals surface area contributed by atoms with E-state index in [0.717, 1.165) is 27.2 Å². The number of aryl methyl sites for hydroxylation is 2. The number of para-hydroxylation sites is 1. The Balaban J connectivity index is 1.36. The number of amides is 2. The highest BCUT2D eigenvalue weighted by atomic mass is 16.4. The number of nitrogens with zero attached hydrogens (tertiary/aromatic N) is 1. The number of carboxylic acid groups (broad SMARTS) is 1. The number of aliphatic carboxylic acids is 1. The molecule has 0 aliphatic carbocycles. The topological polar surface area (TPSA) is 108 Å². The number of carbonyl (C=O) groups excluding carboxylic acids is 2. The van der Waals surface area contributed by atoms with E-state index in [1.807, 2.05) is 73.7 Å². The molecule has 0 fully saturated rings. The molecule has 204 valence electrons. The smallest absolute Gasteiger partial charge is 0.352 e. The lowest BCUT2D eigenvalue weighted by molar-refractivity contribution is -0.132. The van der Waals surface area contributed by atoms with Crippen LogP contribution in [-0.2, 0) is 4.79 Å². The van der Waals surface area contributed by atoms with Crippen LogP contribution >= 0.6 is 0 Å². The molecule has 7 nitrogen and oxygen atoms in total. The predicted molar refractivity (Wildman–Crippen MR) is 161 cm³/mol. The highest BCUT2D eigenvalue weighted by molar-refractivity contribution is 6.05. The average molecular weight is 544 g/mol. The van der Waals surface area contributed by atoms with Gasteiger partial charge in [0.05, 0.1) is 11.6 Å². The van der Waals surface area contributed by atoms with Crippen LogP contribution in [0.3, 0.4) is 0 Å².